The number of piperidine rings is 1. The van der Waals surface area contributed by atoms with Crippen molar-refractivity contribution in [3.05, 3.63) is 70.0 Å². The zero-order chi connectivity index (χ0) is 32.0. The Balaban J connectivity index is 2.03. The van der Waals surface area contributed by atoms with Gasteiger partial charge < -0.3 is 14.5 Å². The summed E-state index contributed by atoms with van der Waals surface area (Å²) in [5, 5.41) is 0. The molecule has 0 radical (unpaired) electrons. The number of alkyl halides is 6. The van der Waals surface area contributed by atoms with Crippen LogP contribution < -0.4 is 0 Å². The Morgan fingerprint density at radius 1 is 0.881 bits per heavy atom. The van der Waals surface area contributed by atoms with Crippen LogP contribution in [0.15, 0.2) is 36.4 Å². The topological polar surface area (TPSA) is 49.9 Å². The first kappa shape index (κ1) is 33.2. The van der Waals surface area contributed by atoms with E-state index >= 15 is 0 Å². The zero-order valence-corrected chi connectivity index (χ0v) is 24.5. The van der Waals surface area contributed by atoms with Crippen LogP contribution >= 0.6 is 0 Å². The third kappa shape index (κ3) is 7.36. The molecule has 2 amide bonds. The summed E-state index contributed by atoms with van der Waals surface area (Å²) in [5.41, 5.74) is -4.83. The first-order valence-corrected chi connectivity index (χ1v) is 13.3. The number of rotatable bonds is 4. The molecule has 1 fully saturated rings. The quantitative estimate of drug-likeness (QED) is 0.336. The van der Waals surface area contributed by atoms with Crippen molar-refractivity contribution in [1.29, 1.82) is 0 Å². The lowest BCUT2D eigenvalue weighted by molar-refractivity contribution is -0.144. The number of halogens is 7. The number of hydrogen-bond donors (Lipinski definition) is 0. The van der Waals surface area contributed by atoms with E-state index in [4.69, 9.17) is 4.74 Å². The van der Waals surface area contributed by atoms with E-state index < -0.39 is 69.8 Å². The van der Waals surface area contributed by atoms with Gasteiger partial charge in [-0.15, -0.1) is 0 Å². The molecule has 0 bridgehead atoms. The standard InChI is InChI=1S/C30H35F7N2O3/c1-17-12-21(31)8-9-22(17)23-16-39(26(41)42-27(2,3)4)11-10-24(23)38(7)25(40)28(5,6)18-13-19(29(32,33)34)15-20(14-18)30(35,36)37/h8-9,12-15,23-24H,10-11,16H2,1-7H3/t23-,24-/m0/s1. The molecule has 2 atom stereocenters. The van der Waals surface area contributed by atoms with Crippen molar-refractivity contribution in [2.75, 3.05) is 20.1 Å². The fraction of sp³-hybridized carbons (Fsp3) is 0.533. The second-order valence-electron chi connectivity index (χ2n) is 12.2. The monoisotopic (exact) mass is 604 g/mol. The highest BCUT2D eigenvalue weighted by Gasteiger charge is 2.44. The second kappa shape index (κ2) is 11.4. The molecule has 0 N–H and O–H groups in total. The van der Waals surface area contributed by atoms with Gasteiger partial charge in [0.1, 0.15) is 11.4 Å². The lowest BCUT2D eigenvalue weighted by Gasteiger charge is -2.45. The molecule has 0 aromatic heterocycles. The van der Waals surface area contributed by atoms with Gasteiger partial charge in [0, 0.05) is 32.1 Å². The molecule has 3 rings (SSSR count). The van der Waals surface area contributed by atoms with Crippen molar-refractivity contribution in [3.63, 3.8) is 0 Å². The van der Waals surface area contributed by atoms with E-state index in [9.17, 15) is 40.3 Å². The van der Waals surface area contributed by atoms with Crippen LogP contribution in [0.4, 0.5) is 35.5 Å². The minimum absolute atomic E-state index is 0.0213. The van der Waals surface area contributed by atoms with Crippen LogP contribution in [0.2, 0.25) is 0 Å². The van der Waals surface area contributed by atoms with Crippen molar-refractivity contribution < 1.29 is 45.1 Å². The highest BCUT2D eigenvalue weighted by molar-refractivity contribution is 5.87. The van der Waals surface area contributed by atoms with Crippen molar-refractivity contribution >= 4 is 12.0 Å². The molecule has 0 unspecified atom stereocenters. The van der Waals surface area contributed by atoms with Crippen LogP contribution in [0.3, 0.4) is 0 Å². The Morgan fingerprint density at radius 2 is 1.40 bits per heavy atom. The summed E-state index contributed by atoms with van der Waals surface area (Å²) in [6.07, 6.45) is -10.5. The number of likely N-dealkylation sites (tertiary alicyclic amines) is 1. The van der Waals surface area contributed by atoms with Gasteiger partial charge in [-0.3, -0.25) is 4.79 Å². The normalized spacial score (nSPS) is 18.6. The van der Waals surface area contributed by atoms with E-state index in [0.717, 1.165) is 0 Å². The summed E-state index contributed by atoms with van der Waals surface area (Å²) >= 11 is 0. The molecule has 232 valence electrons. The number of likely N-dealkylation sites (N-methyl/N-ethyl adjacent to an activating group) is 1. The van der Waals surface area contributed by atoms with Crippen LogP contribution in [0.5, 0.6) is 0 Å². The van der Waals surface area contributed by atoms with Crippen LogP contribution in [-0.2, 0) is 27.3 Å². The van der Waals surface area contributed by atoms with Gasteiger partial charge in [-0.2, -0.15) is 26.3 Å². The summed E-state index contributed by atoms with van der Waals surface area (Å²) in [7, 11) is 1.43. The van der Waals surface area contributed by atoms with Gasteiger partial charge in [-0.05, 0) is 95.0 Å². The lowest BCUT2D eigenvalue weighted by Crippen LogP contribution is -2.55. The number of amides is 2. The Hall–Kier alpha value is -3.31. The van der Waals surface area contributed by atoms with Gasteiger partial charge in [0.25, 0.3) is 0 Å². The van der Waals surface area contributed by atoms with E-state index in [-0.39, 0.29) is 25.6 Å². The molecule has 12 heteroatoms. The van der Waals surface area contributed by atoms with Crippen LogP contribution in [0.1, 0.15) is 74.8 Å². The van der Waals surface area contributed by atoms with E-state index in [1.807, 2.05) is 0 Å². The minimum atomic E-state index is -5.07. The van der Waals surface area contributed by atoms with Crippen LogP contribution in [0, 0.1) is 12.7 Å². The minimum Gasteiger partial charge on any atom is -0.444 e. The number of hydrogen-bond acceptors (Lipinski definition) is 3. The van der Waals surface area contributed by atoms with Crippen LogP contribution in [0.25, 0.3) is 0 Å². The van der Waals surface area contributed by atoms with Gasteiger partial charge >= 0.3 is 18.4 Å². The Bertz CT molecular complexity index is 1300. The number of carbonyl (C=O) groups is 2. The average molecular weight is 605 g/mol. The van der Waals surface area contributed by atoms with Crippen molar-refractivity contribution in [2.45, 2.75) is 83.3 Å². The maximum atomic E-state index is 14.0. The Morgan fingerprint density at radius 3 is 1.88 bits per heavy atom. The Kier molecular flexibility index (Phi) is 9.02. The van der Waals surface area contributed by atoms with Gasteiger partial charge in [0.15, 0.2) is 0 Å². The van der Waals surface area contributed by atoms with Gasteiger partial charge in [-0.1, -0.05) is 6.07 Å². The molecule has 0 saturated carbocycles. The number of aryl methyl sites for hydroxylation is 1. The highest BCUT2D eigenvalue weighted by Crippen LogP contribution is 2.41. The van der Waals surface area contributed by atoms with Crippen molar-refractivity contribution in [1.82, 2.24) is 9.80 Å². The number of carbonyl (C=O) groups excluding carboxylic acids is 2. The maximum Gasteiger partial charge on any atom is 0.416 e. The molecule has 5 nitrogen and oxygen atoms in total. The molecule has 0 spiro atoms. The summed E-state index contributed by atoms with van der Waals surface area (Å²) in [6, 6.07) is 4.64. The zero-order valence-electron chi connectivity index (χ0n) is 24.5. The predicted octanol–water partition coefficient (Wildman–Crippen LogP) is 7.70. The molecule has 1 saturated heterocycles. The van der Waals surface area contributed by atoms with E-state index in [0.29, 0.717) is 23.3 Å². The fourth-order valence-electron chi connectivity index (χ4n) is 5.29. The smallest absolute Gasteiger partial charge is 0.416 e. The third-order valence-electron chi connectivity index (χ3n) is 7.52. The molecule has 1 heterocycles. The molecule has 2 aromatic rings. The summed E-state index contributed by atoms with van der Waals surface area (Å²) in [4.78, 5) is 29.6. The highest BCUT2D eigenvalue weighted by atomic mass is 19.4. The number of nitrogens with zero attached hydrogens (tertiary/aromatic N) is 2. The molecule has 0 aliphatic carbocycles. The largest absolute Gasteiger partial charge is 0.444 e. The molecule has 1 aliphatic heterocycles. The molecule has 42 heavy (non-hydrogen) atoms. The first-order valence-electron chi connectivity index (χ1n) is 13.3. The Labute approximate surface area is 240 Å². The summed E-state index contributed by atoms with van der Waals surface area (Å²) in [5.74, 6) is -1.75. The van der Waals surface area contributed by atoms with Crippen molar-refractivity contribution in [3.8, 4) is 0 Å². The molecule has 2 aromatic carbocycles. The van der Waals surface area contributed by atoms with E-state index in [1.165, 1.54) is 42.8 Å². The van der Waals surface area contributed by atoms with Gasteiger partial charge in [0.2, 0.25) is 5.91 Å². The summed E-state index contributed by atoms with van der Waals surface area (Å²) < 4.78 is 101. The predicted molar refractivity (Wildman–Crippen MR) is 142 cm³/mol. The van der Waals surface area contributed by atoms with Crippen molar-refractivity contribution in [2.24, 2.45) is 0 Å². The third-order valence-corrected chi connectivity index (χ3v) is 7.52. The number of ether oxygens (including phenoxy) is 1. The number of benzene rings is 2. The molecule has 1 aliphatic rings. The van der Waals surface area contributed by atoms with Crippen LogP contribution in [-0.4, -0.2) is 53.6 Å². The van der Waals surface area contributed by atoms with E-state index in [1.54, 1.807) is 33.8 Å². The summed E-state index contributed by atoms with van der Waals surface area (Å²) in [6.45, 7) is 9.63. The lowest BCUT2D eigenvalue weighted by atomic mass is 9.78. The maximum absolute atomic E-state index is 14.0. The van der Waals surface area contributed by atoms with E-state index in [2.05, 4.69) is 0 Å². The SMILES string of the molecule is Cc1cc(F)ccc1[C@@H]1CN(C(=O)OC(C)(C)C)CC[C@@H]1N(C)C(=O)C(C)(C)c1cc(C(F)(F)F)cc(C(F)(F)F)c1. The fourth-order valence-corrected chi connectivity index (χ4v) is 5.29. The molecular weight excluding hydrogens is 569 g/mol. The first-order chi connectivity index (χ1) is 19.0. The van der Waals surface area contributed by atoms with Gasteiger partial charge in [-0.25, -0.2) is 9.18 Å². The average Bonchev–Trinajstić information content (AvgIpc) is 2.85. The molecular formula is C30H35F7N2O3. The van der Waals surface area contributed by atoms with Gasteiger partial charge in [0.05, 0.1) is 16.5 Å². The second-order valence-corrected chi connectivity index (χ2v) is 12.2.